The first-order valence-corrected chi connectivity index (χ1v) is 17.4. The average molecular weight is 552 g/mol. The lowest BCUT2D eigenvalue weighted by molar-refractivity contribution is -0.128. The molecule has 2 amide bonds. The van der Waals surface area contributed by atoms with E-state index in [1.807, 2.05) is 0 Å². The van der Waals surface area contributed by atoms with Crippen molar-refractivity contribution in [3.8, 4) is 0 Å². The van der Waals surface area contributed by atoms with Gasteiger partial charge in [-0.15, -0.1) is 0 Å². The second kappa shape index (κ2) is 31.4. The Morgan fingerprint density at radius 1 is 0.538 bits per heavy atom. The van der Waals surface area contributed by atoms with Crippen molar-refractivity contribution < 1.29 is 9.59 Å². The number of hydrogen-bond donors (Lipinski definition) is 3. The number of unbranched alkanes of at least 4 members (excludes halogenated alkanes) is 24. The first kappa shape index (κ1) is 37.9. The topological polar surface area (TPSA) is 98.2 Å². The van der Waals surface area contributed by atoms with Crippen molar-refractivity contribution in [2.75, 3.05) is 13.1 Å². The normalized spacial score (nSPS) is 12.1. The van der Waals surface area contributed by atoms with Gasteiger partial charge >= 0.3 is 0 Å². The van der Waals surface area contributed by atoms with Gasteiger partial charge in [-0.25, -0.2) is 0 Å². The lowest BCUT2D eigenvalue weighted by Crippen LogP contribution is -2.32. The molecule has 0 aromatic rings. The van der Waals surface area contributed by atoms with Crippen LogP contribution >= 0.6 is 0 Å². The number of carbonyl (C=O) groups is 2. The van der Waals surface area contributed by atoms with Crippen LogP contribution in [0.3, 0.4) is 0 Å². The maximum absolute atomic E-state index is 12.3. The predicted molar refractivity (Wildman–Crippen MR) is 170 cm³/mol. The van der Waals surface area contributed by atoms with Gasteiger partial charge in [0.15, 0.2) is 0 Å². The summed E-state index contributed by atoms with van der Waals surface area (Å²) in [5.41, 5.74) is 11.1. The Kier molecular flexibility index (Phi) is 30.5. The number of rotatable bonds is 32. The van der Waals surface area contributed by atoms with E-state index >= 15 is 0 Å². The molecule has 5 N–H and O–H groups in total. The molecule has 0 fully saturated rings. The maximum Gasteiger partial charge on any atom is 0.221 e. The third-order valence-corrected chi connectivity index (χ3v) is 8.19. The molecule has 0 rings (SSSR count). The summed E-state index contributed by atoms with van der Waals surface area (Å²) in [4.78, 5) is 24.1. The summed E-state index contributed by atoms with van der Waals surface area (Å²) < 4.78 is 0. The molecule has 0 spiro atoms. The third-order valence-electron chi connectivity index (χ3n) is 8.19. The van der Waals surface area contributed by atoms with Crippen LogP contribution in [0.5, 0.6) is 0 Å². The van der Waals surface area contributed by atoms with Gasteiger partial charge in [-0.2, -0.15) is 0 Å². The zero-order chi connectivity index (χ0) is 28.7. The van der Waals surface area contributed by atoms with Crippen LogP contribution in [-0.2, 0) is 9.59 Å². The van der Waals surface area contributed by atoms with Gasteiger partial charge in [0.25, 0.3) is 0 Å². The third kappa shape index (κ3) is 29.7. The highest BCUT2D eigenvalue weighted by molar-refractivity contribution is 5.84. The summed E-state index contributed by atoms with van der Waals surface area (Å²) in [6, 6.07) is 0. The molecular weight excluding hydrogens is 482 g/mol. The minimum absolute atomic E-state index is 0.0206. The molecule has 0 aromatic heterocycles. The first-order chi connectivity index (χ1) is 19.1. The molecule has 0 aliphatic carbocycles. The molecule has 5 nitrogen and oxygen atoms in total. The van der Waals surface area contributed by atoms with Gasteiger partial charge in [0.1, 0.15) is 0 Å². The molecule has 0 saturated heterocycles. The molecule has 1 atom stereocenters. The van der Waals surface area contributed by atoms with Crippen molar-refractivity contribution in [3.63, 3.8) is 0 Å². The van der Waals surface area contributed by atoms with Crippen molar-refractivity contribution in [2.45, 2.75) is 187 Å². The average Bonchev–Trinajstić information content (AvgIpc) is 2.92. The number of nitrogens with one attached hydrogen (secondary N) is 1. The SMILES string of the molecule is CCCCCCCCCCCCCCCCCCC(CC(=O)NCCCCCCCCCCCCN)C(N)=O. The highest BCUT2D eigenvalue weighted by Gasteiger charge is 2.18. The molecule has 0 bridgehead atoms. The van der Waals surface area contributed by atoms with Gasteiger partial charge in [-0.1, -0.05) is 161 Å². The van der Waals surface area contributed by atoms with E-state index in [0.717, 1.165) is 45.1 Å². The summed E-state index contributed by atoms with van der Waals surface area (Å²) in [7, 11) is 0. The van der Waals surface area contributed by atoms with E-state index in [-0.39, 0.29) is 24.2 Å². The molecule has 0 radical (unpaired) electrons. The van der Waals surface area contributed by atoms with Gasteiger partial charge in [0, 0.05) is 18.9 Å². The van der Waals surface area contributed by atoms with Crippen LogP contribution in [0.1, 0.15) is 187 Å². The molecule has 0 heterocycles. The molecule has 39 heavy (non-hydrogen) atoms. The van der Waals surface area contributed by atoms with E-state index in [1.165, 1.54) is 135 Å². The van der Waals surface area contributed by atoms with Gasteiger partial charge in [-0.3, -0.25) is 9.59 Å². The monoisotopic (exact) mass is 552 g/mol. The van der Waals surface area contributed by atoms with Gasteiger partial charge < -0.3 is 16.8 Å². The molecule has 1 unspecified atom stereocenters. The second-order valence-electron chi connectivity index (χ2n) is 12.1. The molecule has 232 valence electrons. The molecule has 0 aliphatic rings. The van der Waals surface area contributed by atoms with E-state index < -0.39 is 0 Å². The van der Waals surface area contributed by atoms with Crippen LogP contribution in [0.15, 0.2) is 0 Å². The fraction of sp³-hybridized carbons (Fsp3) is 0.941. The molecule has 0 saturated carbocycles. The zero-order valence-corrected chi connectivity index (χ0v) is 26.3. The highest BCUT2D eigenvalue weighted by atomic mass is 16.2. The van der Waals surface area contributed by atoms with Gasteiger partial charge in [0.05, 0.1) is 0 Å². The molecule has 0 aromatic carbocycles. The second-order valence-corrected chi connectivity index (χ2v) is 12.1. The Morgan fingerprint density at radius 3 is 1.28 bits per heavy atom. The van der Waals surface area contributed by atoms with Crippen molar-refractivity contribution >= 4 is 11.8 Å². The number of hydrogen-bond acceptors (Lipinski definition) is 3. The minimum Gasteiger partial charge on any atom is -0.369 e. The van der Waals surface area contributed by atoms with Crippen molar-refractivity contribution in [1.82, 2.24) is 5.32 Å². The molecule has 5 heteroatoms. The van der Waals surface area contributed by atoms with Crippen LogP contribution in [-0.4, -0.2) is 24.9 Å². The number of amides is 2. The van der Waals surface area contributed by atoms with E-state index in [2.05, 4.69) is 12.2 Å². The summed E-state index contributed by atoms with van der Waals surface area (Å²) >= 11 is 0. The van der Waals surface area contributed by atoms with Crippen molar-refractivity contribution in [3.05, 3.63) is 0 Å². The standard InChI is InChI=1S/C34H69N3O2/c1-2-3-4-5-6-7-8-9-10-11-12-13-16-19-22-25-28-32(34(36)39)31-33(38)37-30-27-24-21-18-15-14-17-20-23-26-29-35/h32H,2-31,35H2,1H3,(H2,36,39)(H,37,38). The summed E-state index contributed by atoms with van der Waals surface area (Å²) in [5.74, 6) is -0.664. The highest BCUT2D eigenvalue weighted by Crippen LogP contribution is 2.17. The van der Waals surface area contributed by atoms with Crippen LogP contribution in [0.2, 0.25) is 0 Å². The lowest BCUT2D eigenvalue weighted by atomic mass is 9.96. The van der Waals surface area contributed by atoms with Gasteiger partial charge in [0.2, 0.25) is 11.8 Å². The summed E-state index contributed by atoms with van der Waals surface area (Å²) in [6.45, 7) is 3.81. The van der Waals surface area contributed by atoms with Crippen LogP contribution < -0.4 is 16.8 Å². The molecular formula is C34H69N3O2. The number of primary amides is 1. The van der Waals surface area contributed by atoms with Crippen LogP contribution in [0.4, 0.5) is 0 Å². The fourth-order valence-corrected chi connectivity index (χ4v) is 5.49. The molecule has 0 aliphatic heterocycles. The van der Waals surface area contributed by atoms with Crippen LogP contribution in [0, 0.1) is 5.92 Å². The lowest BCUT2D eigenvalue weighted by Gasteiger charge is -2.13. The Morgan fingerprint density at radius 2 is 0.897 bits per heavy atom. The van der Waals surface area contributed by atoms with Crippen LogP contribution in [0.25, 0.3) is 0 Å². The Bertz CT molecular complexity index is 527. The number of nitrogens with two attached hydrogens (primary N) is 2. The van der Waals surface area contributed by atoms with Gasteiger partial charge in [-0.05, 0) is 25.8 Å². The number of carbonyl (C=O) groups excluding carboxylic acids is 2. The van der Waals surface area contributed by atoms with E-state index in [9.17, 15) is 9.59 Å². The van der Waals surface area contributed by atoms with E-state index in [4.69, 9.17) is 11.5 Å². The first-order valence-electron chi connectivity index (χ1n) is 17.4. The summed E-state index contributed by atoms with van der Waals surface area (Å²) in [5, 5.41) is 3.00. The van der Waals surface area contributed by atoms with Crippen molar-refractivity contribution in [1.29, 1.82) is 0 Å². The Hall–Kier alpha value is -1.10. The quantitative estimate of drug-likeness (QED) is 0.0727. The van der Waals surface area contributed by atoms with E-state index in [0.29, 0.717) is 6.54 Å². The van der Waals surface area contributed by atoms with E-state index in [1.54, 1.807) is 0 Å². The van der Waals surface area contributed by atoms with Crippen molar-refractivity contribution in [2.24, 2.45) is 17.4 Å². The maximum atomic E-state index is 12.3. The zero-order valence-electron chi connectivity index (χ0n) is 26.3. The Labute approximate surface area is 243 Å². The minimum atomic E-state index is -0.325. The largest absolute Gasteiger partial charge is 0.369 e. The Balaban J connectivity index is 3.52. The smallest absolute Gasteiger partial charge is 0.221 e. The summed E-state index contributed by atoms with van der Waals surface area (Å²) in [6.07, 6.45) is 34.8. The predicted octanol–water partition coefficient (Wildman–Crippen LogP) is 9.11. The fourth-order valence-electron chi connectivity index (χ4n) is 5.49.